The number of anilines is 1. The summed E-state index contributed by atoms with van der Waals surface area (Å²) in [6.07, 6.45) is 0. The van der Waals surface area contributed by atoms with Gasteiger partial charge < -0.3 is 10.1 Å². The number of rotatable bonds is 5. The van der Waals surface area contributed by atoms with Gasteiger partial charge in [-0.25, -0.2) is 4.39 Å². The number of aryl methyl sites for hydroxylation is 1. The van der Waals surface area contributed by atoms with Crippen molar-refractivity contribution in [3.8, 4) is 5.75 Å². The summed E-state index contributed by atoms with van der Waals surface area (Å²) in [6, 6.07) is 10.8. The van der Waals surface area contributed by atoms with Crippen LogP contribution in [-0.2, 0) is 6.54 Å². The quantitative estimate of drug-likeness (QED) is 0.879. The van der Waals surface area contributed by atoms with Gasteiger partial charge in [0.25, 0.3) is 0 Å². The van der Waals surface area contributed by atoms with E-state index in [4.69, 9.17) is 0 Å². The number of alkyl halides is 2. The second-order valence-corrected chi connectivity index (χ2v) is 4.33. The molecule has 0 aromatic heterocycles. The van der Waals surface area contributed by atoms with Gasteiger partial charge in [-0.3, -0.25) is 0 Å². The van der Waals surface area contributed by atoms with E-state index in [0.717, 1.165) is 11.1 Å². The average Bonchev–Trinajstić information content (AvgIpc) is 2.39. The summed E-state index contributed by atoms with van der Waals surface area (Å²) >= 11 is 0. The normalized spacial score (nSPS) is 10.7. The van der Waals surface area contributed by atoms with Crippen molar-refractivity contribution in [2.45, 2.75) is 20.1 Å². The fourth-order valence-corrected chi connectivity index (χ4v) is 1.81. The predicted octanol–water partition coefficient (Wildman–Crippen LogP) is 4.35. The lowest BCUT2D eigenvalue weighted by molar-refractivity contribution is -0.0498. The second-order valence-electron chi connectivity index (χ2n) is 4.33. The maximum Gasteiger partial charge on any atom is 0.387 e. The molecule has 0 spiro atoms. The van der Waals surface area contributed by atoms with Crippen LogP contribution in [0, 0.1) is 12.7 Å². The summed E-state index contributed by atoms with van der Waals surface area (Å²) in [4.78, 5) is 0. The molecule has 2 aromatic rings. The lowest BCUT2D eigenvalue weighted by atomic mass is 10.1. The van der Waals surface area contributed by atoms with Gasteiger partial charge in [-0.05, 0) is 42.3 Å². The lowest BCUT2D eigenvalue weighted by Gasteiger charge is -2.11. The van der Waals surface area contributed by atoms with Gasteiger partial charge in [0.2, 0.25) is 0 Å². The van der Waals surface area contributed by atoms with E-state index in [2.05, 4.69) is 10.1 Å². The zero-order valence-corrected chi connectivity index (χ0v) is 10.9. The molecule has 0 aliphatic rings. The van der Waals surface area contributed by atoms with Crippen molar-refractivity contribution in [1.82, 2.24) is 0 Å². The third-order valence-corrected chi connectivity index (χ3v) is 2.85. The van der Waals surface area contributed by atoms with Gasteiger partial charge in [0.1, 0.15) is 11.6 Å². The highest BCUT2D eigenvalue weighted by atomic mass is 19.3. The molecule has 2 rings (SSSR count). The van der Waals surface area contributed by atoms with Crippen molar-refractivity contribution in [2.24, 2.45) is 0 Å². The van der Waals surface area contributed by atoms with Gasteiger partial charge in [-0.1, -0.05) is 12.1 Å². The first-order chi connectivity index (χ1) is 9.54. The molecule has 20 heavy (non-hydrogen) atoms. The summed E-state index contributed by atoms with van der Waals surface area (Å²) in [6.45, 7) is -0.565. The monoisotopic (exact) mass is 281 g/mol. The van der Waals surface area contributed by atoms with Crippen molar-refractivity contribution in [2.75, 3.05) is 5.32 Å². The van der Waals surface area contributed by atoms with Crippen molar-refractivity contribution in [3.05, 3.63) is 59.4 Å². The molecule has 0 heterocycles. The number of halogens is 3. The van der Waals surface area contributed by atoms with E-state index in [1.807, 2.05) is 6.92 Å². The highest BCUT2D eigenvalue weighted by Gasteiger charge is 2.05. The molecule has 1 N–H and O–H groups in total. The Morgan fingerprint density at radius 3 is 2.70 bits per heavy atom. The van der Waals surface area contributed by atoms with Gasteiger partial charge in [0.05, 0.1) is 0 Å². The molecule has 0 bridgehead atoms. The third-order valence-electron chi connectivity index (χ3n) is 2.85. The Morgan fingerprint density at radius 2 is 1.95 bits per heavy atom. The van der Waals surface area contributed by atoms with E-state index < -0.39 is 6.61 Å². The van der Waals surface area contributed by atoms with E-state index >= 15 is 0 Å². The van der Waals surface area contributed by atoms with Gasteiger partial charge in [0.15, 0.2) is 0 Å². The van der Waals surface area contributed by atoms with Crippen LogP contribution in [0.25, 0.3) is 0 Å². The fourth-order valence-electron chi connectivity index (χ4n) is 1.81. The first kappa shape index (κ1) is 14.2. The minimum absolute atomic E-state index is 0.0842. The number of benzene rings is 2. The lowest BCUT2D eigenvalue weighted by Crippen LogP contribution is -2.04. The van der Waals surface area contributed by atoms with Gasteiger partial charge in [-0.2, -0.15) is 8.78 Å². The van der Waals surface area contributed by atoms with E-state index in [9.17, 15) is 13.2 Å². The van der Waals surface area contributed by atoms with Crippen LogP contribution in [0.3, 0.4) is 0 Å². The molecule has 106 valence electrons. The smallest absolute Gasteiger partial charge is 0.387 e. The Labute approximate surface area is 115 Å². The molecule has 0 amide bonds. The maximum absolute atomic E-state index is 13.1. The second kappa shape index (κ2) is 6.32. The zero-order chi connectivity index (χ0) is 14.5. The average molecular weight is 281 g/mol. The van der Waals surface area contributed by atoms with E-state index in [-0.39, 0.29) is 11.6 Å². The Hall–Kier alpha value is -2.17. The van der Waals surface area contributed by atoms with Crippen molar-refractivity contribution < 1.29 is 17.9 Å². The maximum atomic E-state index is 13.1. The predicted molar refractivity (Wildman–Crippen MR) is 71.5 cm³/mol. The molecular formula is C15H14F3NO. The van der Waals surface area contributed by atoms with Crippen LogP contribution in [0.4, 0.5) is 18.9 Å². The van der Waals surface area contributed by atoms with E-state index in [1.54, 1.807) is 18.2 Å². The summed E-state index contributed by atoms with van der Waals surface area (Å²) in [5, 5.41) is 3.05. The minimum Gasteiger partial charge on any atom is -0.435 e. The molecule has 0 atom stereocenters. The largest absolute Gasteiger partial charge is 0.435 e. The highest BCUT2D eigenvalue weighted by molar-refractivity contribution is 5.49. The Kier molecular flexibility index (Phi) is 4.50. The van der Waals surface area contributed by atoms with E-state index in [0.29, 0.717) is 12.2 Å². The van der Waals surface area contributed by atoms with Crippen LogP contribution in [0.2, 0.25) is 0 Å². The number of ether oxygens (including phenoxy) is 1. The zero-order valence-electron chi connectivity index (χ0n) is 10.9. The molecule has 2 aromatic carbocycles. The summed E-state index contributed by atoms with van der Waals surface area (Å²) in [5.74, 6) is -0.219. The summed E-state index contributed by atoms with van der Waals surface area (Å²) in [7, 11) is 0. The molecule has 0 radical (unpaired) electrons. The van der Waals surface area contributed by atoms with Gasteiger partial charge in [-0.15, -0.1) is 0 Å². The van der Waals surface area contributed by atoms with Crippen LogP contribution in [0.5, 0.6) is 5.75 Å². The molecule has 5 heteroatoms. The van der Waals surface area contributed by atoms with Crippen LogP contribution in [-0.4, -0.2) is 6.61 Å². The first-order valence-corrected chi connectivity index (χ1v) is 6.08. The minimum atomic E-state index is -2.85. The fraction of sp³-hybridized carbons (Fsp3) is 0.200. The molecule has 0 fully saturated rings. The molecular weight excluding hydrogens is 267 g/mol. The summed E-state index contributed by atoms with van der Waals surface area (Å²) in [5.41, 5.74) is 2.40. The van der Waals surface area contributed by atoms with Crippen LogP contribution in [0.1, 0.15) is 11.1 Å². The SMILES string of the molecule is Cc1ccc(F)cc1CNc1cccc(OC(F)F)c1. The molecule has 0 saturated heterocycles. The van der Waals surface area contributed by atoms with Crippen molar-refractivity contribution >= 4 is 5.69 Å². The van der Waals surface area contributed by atoms with Crippen LogP contribution < -0.4 is 10.1 Å². The number of hydrogen-bond acceptors (Lipinski definition) is 2. The highest BCUT2D eigenvalue weighted by Crippen LogP contribution is 2.20. The topological polar surface area (TPSA) is 21.3 Å². The van der Waals surface area contributed by atoms with E-state index in [1.165, 1.54) is 24.3 Å². The Balaban J connectivity index is 2.05. The van der Waals surface area contributed by atoms with Gasteiger partial charge in [0, 0.05) is 18.3 Å². The van der Waals surface area contributed by atoms with Crippen LogP contribution in [0.15, 0.2) is 42.5 Å². The molecule has 0 aliphatic carbocycles. The molecule has 0 saturated carbocycles. The van der Waals surface area contributed by atoms with Crippen LogP contribution >= 0.6 is 0 Å². The third kappa shape index (κ3) is 3.91. The van der Waals surface area contributed by atoms with Crippen molar-refractivity contribution in [3.63, 3.8) is 0 Å². The first-order valence-electron chi connectivity index (χ1n) is 6.08. The summed E-state index contributed by atoms with van der Waals surface area (Å²) < 4.78 is 41.7. The van der Waals surface area contributed by atoms with Gasteiger partial charge >= 0.3 is 6.61 Å². The Bertz CT molecular complexity index is 587. The standard InChI is InChI=1S/C15H14F3NO/c1-10-5-6-12(16)7-11(10)9-19-13-3-2-4-14(8-13)20-15(17)18/h2-8,15,19H,9H2,1H3. The number of nitrogens with one attached hydrogen (secondary N) is 1. The number of hydrogen-bond donors (Lipinski definition) is 1. The van der Waals surface area contributed by atoms with Crippen molar-refractivity contribution in [1.29, 1.82) is 0 Å². The molecule has 2 nitrogen and oxygen atoms in total. The Morgan fingerprint density at radius 1 is 1.15 bits per heavy atom. The molecule has 0 unspecified atom stereocenters. The molecule has 0 aliphatic heterocycles.